The Kier molecular flexibility index (Phi) is 13.9. The second-order valence-corrected chi connectivity index (χ2v) is 30.1. The summed E-state index contributed by atoms with van der Waals surface area (Å²) >= 11 is 0. The first-order valence-corrected chi connectivity index (χ1v) is 30.2. The van der Waals surface area contributed by atoms with E-state index in [9.17, 15) is 33.7 Å². The Balaban J connectivity index is 0.000000161. The minimum absolute atomic E-state index is 0.143. The number of halogens is 1. The van der Waals surface area contributed by atoms with Gasteiger partial charge in [-0.15, -0.1) is 0 Å². The summed E-state index contributed by atoms with van der Waals surface area (Å²) in [5.41, 5.74) is 6.20. The molecule has 0 radical (unpaired) electrons. The van der Waals surface area contributed by atoms with E-state index in [0.717, 1.165) is 42.0 Å². The minimum Gasteiger partial charge on any atom is -0.378 e. The highest BCUT2D eigenvalue weighted by Crippen LogP contribution is 2.66. The highest BCUT2D eigenvalue weighted by molar-refractivity contribution is 8.14. The molecule has 6 aliphatic rings. The maximum Gasteiger partial charge on any atom is 0.242 e. The molecule has 2 heterocycles. The Morgan fingerprint density at radius 3 is 1.51 bits per heavy atom. The third kappa shape index (κ3) is 9.10. The third-order valence-electron chi connectivity index (χ3n) is 15.5. The van der Waals surface area contributed by atoms with E-state index >= 15 is 0 Å². The van der Waals surface area contributed by atoms with Gasteiger partial charge in [0.1, 0.15) is 0 Å². The molecule has 10 rings (SSSR count). The van der Waals surface area contributed by atoms with Crippen molar-refractivity contribution in [3.8, 4) is 0 Å². The fourth-order valence-electron chi connectivity index (χ4n) is 12.3. The maximum absolute atomic E-state index is 13.8. The fraction of sp³-hybridized carbons (Fsp3) is 0.520. The number of hydrogen-bond donors (Lipinski definition) is 1. The van der Waals surface area contributed by atoms with Gasteiger partial charge in [0.15, 0.2) is 0 Å². The van der Waals surface area contributed by atoms with Crippen molar-refractivity contribution >= 4 is 61.2 Å². The van der Waals surface area contributed by atoms with Gasteiger partial charge in [-0.2, -0.15) is 0 Å². The molecule has 67 heavy (non-hydrogen) atoms. The molecular formula is C50H65ClN4O8S4. The summed E-state index contributed by atoms with van der Waals surface area (Å²) in [5, 5.41) is 2.72. The van der Waals surface area contributed by atoms with Crippen molar-refractivity contribution in [1.82, 2.24) is 8.61 Å². The van der Waals surface area contributed by atoms with Gasteiger partial charge < -0.3 is 5.32 Å². The van der Waals surface area contributed by atoms with Crippen LogP contribution in [0.15, 0.2) is 107 Å². The predicted molar refractivity (Wildman–Crippen MR) is 267 cm³/mol. The first-order chi connectivity index (χ1) is 31.5. The zero-order valence-corrected chi connectivity index (χ0v) is 43.5. The van der Waals surface area contributed by atoms with Crippen molar-refractivity contribution in [2.24, 2.45) is 35.5 Å². The van der Waals surface area contributed by atoms with E-state index in [1.54, 1.807) is 56.5 Å². The molecule has 2 aliphatic heterocycles. The molecule has 12 nitrogen and oxygen atoms in total. The average molecular weight is 1010 g/mol. The molecule has 0 amide bonds. The largest absolute Gasteiger partial charge is 0.378 e. The molecule has 4 saturated carbocycles. The standard InChI is InChI=1S/C25H32N2O4S2.C22H26N2O2S.C3H7ClO2S/c1-16(2)32(28,29)27-22-13-12-20(33(30,31)26(3)4)15-21(22)23-18-10-11-19(14-18)24(23)25(27)17-8-6-5-7-9-17;1-24(2)27(25,26)17-10-11-19-18(13-17)20-15-8-9-16(12-15)21(20)22(23-19)14-6-4-3-5-7-14;1-3(2)7(4,5)6/h5-9,12-13,15-16,18-19,23-25H,10-11,14H2,1-4H3;3-7,10-11,13,15-16,20-23H,8-9,12H2,1-2H3;3H,1-2H3. The summed E-state index contributed by atoms with van der Waals surface area (Å²) in [4.78, 5) is 0.639. The number of rotatable bonds is 9. The Morgan fingerprint density at radius 1 is 0.567 bits per heavy atom. The van der Waals surface area contributed by atoms with Crippen molar-refractivity contribution in [1.29, 1.82) is 0 Å². The highest BCUT2D eigenvalue weighted by atomic mass is 35.7. The molecule has 4 aromatic rings. The van der Waals surface area contributed by atoms with Crippen LogP contribution in [-0.4, -0.2) is 81.0 Å². The Bertz CT molecular complexity index is 2920. The van der Waals surface area contributed by atoms with Gasteiger partial charge in [0.2, 0.25) is 39.1 Å². The Hall–Kier alpha value is -3.51. The zero-order chi connectivity index (χ0) is 48.5. The van der Waals surface area contributed by atoms with E-state index in [-0.39, 0.29) is 22.8 Å². The lowest BCUT2D eigenvalue weighted by atomic mass is 9.68. The molecule has 10 atom stereocenters. The third-order valence-corrected chi connectivity index (χ3v) is 23.5. The normalized spacial score (nSPS) is 28.2. The quantitative estimate of drug-likeness (QED) is 0.161. The summed E-state index contributed by atoms with van der Waals surface area (Å²) in [6.45, 7) is 6.49. The summed E-state index contributed by atoms with van der Waals surface area (Å²) < 4.78 is 103. The van der Waals surface area contributed by atoms with Crippen LogP contribution in [0.2, 0.25) is 0 Å². The molecule has 4 aliphatic carbocycles. The number of benzene rings is 4. The van der Waals surface area contributed by atoms with Crippen LogP contribution < -0.4 is 9.62 Å². The zero-order valence-electron chi connectivity index (χ0n) is 39.5. The number of fused-ring (bicyclic) bond motifs is 14. The highest BCUT2D eigenvalue weighted by Gasteiger charge is 2.58. The SMILES string of the molecule is CC(C)S(=O)(=O)Cl.CC(C)S(=O)(=O)N1c2ccc(S(=O)(=O)N(C)C)cc2C2C3CCC(C3)C2C1c1ccccc1.CN(C)S(=O)(=O)c1ccc2c(c1)C1C3CCC(C3)C1C(c1ccccc1)N2. The van der Waals surface area contributed by atoms with E-state index in [4.69, 9.17) is 10.7 Å². The fourth-order valence-corrected chi connectivity index (χ4v) is 15.6. The first kappa shape index (κ1) is 49.9. The van der Waals surface area contributed by atoms with Crippen molar-refractivity contribution in [2.45, 2.75) is 110 Å². The number of nitrogens with one attached hydrogen (secondary N) is 1. The van der Waals surface area contributed by atoms with E-state index in [1.165, 1.54) is 66.9 Å². The molecule has 17 heteroatoms. The van der Waals surface area contributed by atoms with Crippen LogP contribution >= 0.6 is 10.7 Å². The van der Waals surface area contributed by atoms with Crippen LogP contribution in [0.25, 0.3) is 0 Å². The molecule has 10 unspecified atom stereocenters. The molecule has 4 bridgehead atoms. The predicted octanol–water partition coefficient (Wildman–Crippen LogP) is 9.56. The second-order valence-electron chi connectivity index (χ2n) is 20.2. The number of hydrogen-bond acceptors (Lipinski definition) is 9. The maximum atomic E-state index is 13.8. The van der Waals surface area contributed by atoms with Crippen LogP contribution in [0, 0.1) is 35.5 Å². The molecule has 364 valence electrons. The van der Waals surface area contributed by atoms with Crippen molar-refractivity contribution in [2.75, 3.05) is 37.8 Å². The van der Waals surface area contributed by atoms with Gasteiger partial charge in [0.25, 0.3) is 0 Å². The van der Waals surface area contributed by atoms with Gasteiger partial charge in [-0.05, 0) is 172 Å². The number of sulfonamides is 3. The lowest BCUT2D eigenvalue weighted by Crippen LogP contribution is -2.48. The van der Waals surface area contributed by atoms with Gasteiger partial charge in [0.05, 0.1) is 38.1 Å². The van der Waals surface area contributed by atoms with Crippen molar-refractivity contribution in [3.63, 3.8) is 0 Å². The Labute approximate surface area is 404 Å². The second kappa shape index (κ2) is 18.7. The minimum atomic E-state index is -3.66. The van der Waals surface area contributed by atoms with Gasteiger partial charge >= 0.3 is 0 Å². The summed E-state index contributed by atoms with van der Waals surface area (Å²) in [6, 6.07) is 31.4. The van der Waals surface area contributed by atoms with Crippen LogP contribution in [0.4, 0.5) is 11.4 Å². The molecule has 0 saturated heterocycles. The van der Waals surface area contributed by atoms with Crippen molar-refractivity contribution in [3.05, 3.63) is 119 Å². The topological polar surface area (TPSA) is 158 Å². The van der Waals surface area contributed by atoms with E-state index in [1.807, 2.05) is 42.5 Å². The molecular weight excluding hydrogens is 948 g/mol. The number of anilines is 2. The van der Waals surface area contributed by atoms with Gasteiger partial charge in [-0.3, -0.25) is 4.31 Å². The van der Waals surface area contributed by atoms with E-state index in [0.29, 0.717) is 46.2 Å². The summed E-state index contributed by atoms with van der Waals surface area (Å²) in [7, 11) is -2.88. The molecule has 0 spiro atoms. The molecule has 4 fully saturated rings. The average Bonchev–Trinajstić information content (AvgIpc) is 4.12. The van der Waals surface area contributed by atoms with Crippen LogP contribution in [0.5, 0.6) is 0 Å². The van der Waals surface area contributed by atoms with Crippen molar-refractivity contribution < 1.29 is 33.7 Å². The van der Waals surface area contributed by atoms with Gasteiger partial charge in [0, 0.05) is 44.6 Å². The summed E-state index contributed by atoms with van der Waals surface area (Å²) in [6.07, 6.45) is 7.17. The van der Waals surface area contributed by atoms with E-state index < -0.39 is 49.6 Å². The molecule has 1 N–H and O–H groups in total. The van der Waals surface area contributed by atoms with Gasteiger partial charge in [-0.1, -0.05) is 60.7 Å². The van der Waals surface area contributed by atoms with E-state index in [2.05, 4.69) is 35.6 Å². The van der Waals surface area contributed by atoms with Crippen LogP contribution in [0.1, 0.15) is 112 Å². The lowest BCUT2D eigenvalue weighted by Gasteiger charge is -2.49. The van der Waals surface area contributed by atoms with Crippen LogP contribution in [-0.2, 0) is 39.1 Å². The van der Waals surface area contributed by atoms with Crippen LogP contribution in [0.3, 0.4) is 0 Å². The Morgan fingerprint density at radius 2 is 1.01 bits per heavy atom. The molecule has 0 aromatic heterocycles. The number of nitrogens with zero attached hydrogens (tertiary/aromatic N) is 3. The summed E-state index contributed by atoms with van der Waals surface area (Å²) in [5.74, 6) is 3.65. The smallest absolute Gasteiger partial charge is 0.242 e. The monoisotopic (exact) mass is 1010 g/mol. The van der Waals surface area contributed by atoms with Gasteiger partial charge in [-0.25, -0.2) is 42.3 Å². The first-order valence-electron chi connectivity index (χ1n) is 23.4. The molecule has 4 aromatic carbocycles. The lowest BCUT2D eigenvalue weighted by molar-refractivity contribution is 0.236.